The van der Waals surface area contributed by atoms with Crippen LogP contribution in [-0.4, -0.2) is 22.5 Å². The van der Waals surface area contributed by atoms with Crippen LogP contribution >= 0.6 is 0 Å². The number of aromatic amines is 1. The summed E-state index contributed by atoms with van der Waals surface area (Å²) in [7, 11) is 0. The molecule has 2 heterocycles. The number of carbonyl (C=O) groups is 1. The predicted molar refractivity (Wildman–Crippen MR) is 74.1 cm³/mol. The number of esters is 1. The number of nitrogens with zero attached hydrogens (tertiary/aromatic N) is 2. The van der Waals surface area contributed by atoms with E-state index in [1.807, 2.05) is 30.3 Å². The van der Waals surface area contributed by atoms with Crippen LogP contribution in [0.25, 0.3) is 21.8 Å². The summed E-state index contributed by atoms with van der Waals surface area (Å²) in [5.74, 6) is -0.507. The molecular formula is C15H11N3O2. The first-order chi connectivity index (χ1) is 9.79. The zero-order valence-corrected chi connectivity index (χ0v) is 10.6. The molecule has 2 aromatic heterocycles. The molecule has 0 spiro atoms. The average molecular weight is 265 g/mol. The molecule has 5 nitrogen and oxygen atoms in total. The van der Waals surface area contributed by atoms with Crippen LogP contribution in [-0.2, 0) is 4.74 Å². The van der Waals surface area contributed by atoms with Gasteiger partial charge in [-0.1, -0.05) is 18.2 Å². The lowest BCUT2D eigenvalue weighted by atomic mass is 10.1. The Labute approximate surface area is 114 Å². The summed E-state index contributed by atoms with van der Waals surface area (Å²) in [5, 5.41) is 10.4. The summed E-state index contributed by atoms with van der Waals surface area (Å²) in [6.07, 6.45) is 1.80. The lowest BCUT2D eigenvalue weighted by Crippen LogP contribution is -2.07. The molecule has 0 fully saturated rings. The molecule has 0 saturated heterocycles. The van der Waals surface area contributed by atoms with Crippen LogP contribution in [0, 0.1) is 11.3 Å². The molecule has 1 aromatic carbocycles. The van der Waals surface area contributed by atoms with Gasteiger partial charge in [0.25, 0.3) is 0 Å². The fourth-order valence-electron chi connectivity index (χ4n) is 2.12. The van der Waals surface area contributed by atoms with Crippen LogP contribution in [0.5, 0.6) is 0 Å². The SMILES string of the molecule is N#CCCOC(=O)c1cc2c(cn1)[nH]c1ccccc12. The Balaban J connectivity index is 1.99. The number of fused-ring (bicyclic) bond motifs is 3. The maximum atomic E-state index is 11.8. The monoisotopic (exact) mass is 265 g/mol. The number of pyridine rings is 1. The topological polar surface area (TPSA) is 78.8 Å². The summed E-state index contributed by atoms with van der Waals surface area (Å²) in [6.45, 7) is 0.0862. The second-order valence-corrected chi connectivity index (χ2v) is 4.33. The molecule has 0 bridgehead atoms. The smallest absolute Gasteiger partial charge is 0.356 e. The predicted octanol–water partition coefficient (Wildman–Crippen LogP) is 2.79. The fourth-order valence-corrected chi connectivity index (χ4v) is 2.12. The summed E-state index contributed by atoms with van der Waals surface area (Å²) in [4.78, 5) is 19.1. The van der Waals surface area contributed by atoms with Gasteiger partial charge in [-0.05, 0) is 12.1 Å². The highest BCUT2D eigenvalue weighted by Crippen LogP contribution is 2.25. The molecule has 3 rings (SSSR count). The number of rotatable bonds is 3. The zero-order chi connectivity index (χ0) is 13.9. The van der Waals surface area contributed by atoms with Crippen molar-refractivity contribution in [3.63, 3.8) is 0 Å². The van der Waals surface area contributed by atoms with Crippen molar-refractivity contribution >= 4 is 27.8 Å². The average Bonchev–Trinajstić information content (AvgIpc) is 2.85. The first kappa shape index (κ1) is 12.2. The summed E-state index contributed by atoms with van der Waals surface area (Å²) in [5.41, 5.74) is 2.12. The van der Waals surface area contributed by atoms with E-state index in [0.29, 0.717) is 0 Å². The minimum atomic E-state index is -0.507. The van der Waals surface area contributed by atoms with Gasteiger partial charge in [0, 0.05) is 16.3 Å². The molecule has 0 radical (unpaired) electrons. The Morgan fingerprint density at radius 2 is 2.15 bits per heavy atom. The van der Waals surface area contributed by atoms with Crippen molar-refractivity contribution in [2.24, 2.45) is 0 Å². The molecule has 0 atom stereocenters. The van der Waals surface area contributed by atoms with Crippen LogP contribution in [0.3, 0.4) is 0 Å². The van der Waals surface area contributed by atoms with E-state index in [1.54, 1.807) is 12.3 Å². The summed E-state index contributed by atoms with van der Waals surface area (Å²) in [6, 6.07) is 11.5. The number of H-pyrrole nitrogens is 1. The molecule has 3 aromatic rings. The Morgan fingerprint density at radius 3 is 3.00 bits per heavy atom. The van der Waals surface area contributed by atoms with Gasteiger partial charge >= 0.3 is 5.97 Å². The number of benzene rings is 1. The van der Waals surface area contributed by atoms with E-state index in [4.69, 9.17) is 10.00 Å². The van der Waals surface area contributed by atoms with Crippen LogP contribution in [0.15, 0.2) is 36.5 Å². The van der Waals surface area contributed by atoms with Gasteiger partial charge in [-0.15, -0.1) is 0 Å². The van der Waals surface area contributed by atoms with Gasteiger partial charge in [0.05, 0.1) is 24.2 Å². The quantitative estimate of drug-likeness (QED) is 0.583. The van der Waals surface area contributed by atoms with Crippen LogP contribution in [0.1, 0.15) is 16.9 Å². The zero-order valence-electron chi connectivity index (χ0n) is 10.6. The lowest BCUT2D eigenvalue weighted by Gasteiger charge is -2.01. The van der Waals surface area contributed by atoms with Crippen LogP contribution in [0.4, 0.5) is 0 Å². The third-order valence-corrected chi connectivity index (χ3v) is 3.05. The van der Waals surface area contributed by atoms with E-state index in [0.717, 1.165) is 21.8 Å². The molecule has 98 valence electrons. The number of nitriles is 1. The van der Waals surface area contributed by atoms with Gasteiger partial charge in [-0.2, -0.15) is 5.26 Å². The van der Waals surface area contributed by atoms with E-state index >= 15 is 0 Å². The van der Waals surface area contributed by atoms with Crippen molar-refractivity contribution in [2.45, 2.75) is 6.42 Å². The van der Waals surface area contributed by atoms with Crippen LogP contribution in [0.2, 0.25) is 0 Å². The van der Waals surface area contributed by atoms with E-state index in [-0.39, 0.29) is 18.7 Å². The number of carbonyl (C=O) groups excluding carboxylic acids is 1. The van der Waals surface area contributed by atoms with E-state index in [2.05, 4.69) is 9.97 Å². The van der Waals surface area contributed by atoms with Gasteiger partial charge in [0.15, 0.2) is 0 Å². The Bertz CT molecular complexity index is 830. The molecule has 5 heteroatoms. The van der Waals surface area contributed by atoms with Gasteiger partial charge in [-0.25, -0.2) is 9.78 Å². The van der Waals surface area contributed by atoms with Crippen molar-refractivity contribution in [3.05, 3.63) is 42.2 Å². The molecule has 0 aliphatic rings. The standard InChI is InChI=1S/C15H11N3O2/c16-6-3-7-20-15(19)13-8-11-10-4-1-2-5-12(10)18-14(11)9-17-13/h1-2,4-5,8-9,18H,3,7H2. The first-order valence-corrected chi connectivity index (χ1v) is 6.20. The highest BCUT2D eigenvalue weighted by molar-refractivity contribution is 6.08. The van der Waals surface area contributed by atoms with E-state index < -0.39 is 5.97 Å². The minimum Gasteiger partial charge on any atom is -0.460 e. The molecule has 0 unspecified atom stereocenters. The van der Waals surface area contributed by atoms with Gasteiger partial charge in [0.1, 0.15) is 12.3 Å². The number of hydrogen-bond donors (Lipinski definition) is 1. The molecule has 0 aliphatic carbocycles. The fraction of sp³-hybridized carbons (Fsp3) is 0.133. The van der Waals surface area contributed by atoms with Crippen molar-refractivity contribution in [1.82, 2.24) is 9.97 Å². The Morgan fingerprint density at radius 1 is 1.30 bits per heavy atom. The Kier molecular flexibility index (Phi) is 3.05. The van der Waals surface area contributed by atoms with E-state index in [9.17, 15) is 4.79 Å². The molecular weight excluding hydrogens is 254 g/mol. The molecule has 0 amide bonds. The summed E-state index contributed by atoms with van der Waals surface area (Å²) < 4.78 is 4.97. The maximum absolute atomic E-state index is 11.8. The van der Waals surface area contributed by atoms with Gasteiger partial charge in [0.2, 0.25) is 0 Å². The van der Waals surface area contributed by atoms with Crippen molar-refractivity contribution in [2.75, 3.05) is 6.61 Å². The lowest BCUT2D eigenvalue weighted by molar-refractivity contribution is 0.0506. The number of aromatic nitrogens is 2. The highest BCUT2D eigenvalue weighted by Gasteiger charge is 2.12. The number of hydrogen-bond acceptors (Lipinski definition) is 4. The molecule has 0 aliphatic heterocycles. The Hall–Kier alpha value is -2.87. The summed E-state index contributed by atoms with van der Waals surface area (Å²) >= 11 is 0. The number of para-hydroxylation sites is 1. The van der Waals surface area contributed by atoms with Crippen molar-refractivity contribution < 1.29 is 9.53 Å². The normalized spacial score (nSPS) is 10.6. The third-order valence-electron chi connectivity index (χ3n) is 3.05. The van der Waals surface area contributed by atoms with Crippen LogP contribution < -0.4 is 0 Å². The third kappa shape index (κ3) is 2.08. The second kappa shape index (κ2) is 5.02. The minimum absolute atomic E-state index is 0.0862. The van der Waals surface area contributed by atoms with Gasteiger partial charge < -0.3 is 9.72 Å². The molecule has 0 saturated carbocycles. The molecule has 20 heavy (non-hydrogen) atoms. The number of ether oxygens (including phenoxy) is 1. The van der Waals surface area contributed by atoms with Crippen molar-refractivity contribution in [3.8, 4) is 6.07 Å². The highest BCUT2D eigenvalue weighted by atomic mass is 16.5. The van der Waals surface area contributed by atoms with E-state index in [1.165, 1.54) is 0 Å². The first-order valence-electron chi connectivity index (χ1n) is 6.20. The van der Waals surface area contributed by atoms with Crippen molar-refractivity contribution in [1.29, 1.82) is 5.26 Å². The maximum Gasteiger partial charge on any atom is 0.356 e. The molecule has 1 N–H and O–H groups in total. The largest absolute Gasteiger partial charge is 0.460 e. The van der Waals surface area contributed by atoms with Gasteiger partial charge in [-0.3, -0.25) is 0 Å². The number of nitrogens with one attached hydrogen (secondary N) is 1. The second-order valence-electron chi connectivity index (χ2n) is 4.33.